The Balaban J connectivity index is 1.44. The van der Waals surface area contributed by atoms with Gasteiger partial charge in [-0.25, -0.2) is 4.79 Å². The van der Waals surface area contributed by atoms with E-state index in [2.05, 4.69) is 10.6 Å². The van der Waals surface area contributed by atoms with Gasteiger partial charge in [0.2, 0.25) is 11.8 Å². The number of morpholine rings is 1. The van der Waals surface area contributed by atoms with Crippen LogP contribution in [0.1, 0.15) is 50.7 Å². The van der Waals surface area contributed by atoms with Crippen molar-refractivity contribution in [2.75, 3.05) is 39.4 Å². The fourth-order valence-electron chi connectivity index (χ4n) is 5.22. The van der Waals surface area contributed by atoms with E-state index in [1.165, 1.54) is 0 Å². The van der Waals surface area contributed by atoms with Crippen molar-refractivity contribution < 1.29 is 23.9 Å². The fraction of sp³-hybridized carbons (Fsp3) is 0.531. The van der Waals surface area contributed by atoms with Gasteiger partial charge in [0.05, 0.1) is 13.2 Å². The molecule has 2 atom stereocenters. The Bertz CT molecular complexity index is 1110. The first-order valence-electron chi connectivity index (χ1n) is 14.9. The van der Waals surface area contributed by atoms with E-state index >= 15 is 0 Å². The van der Waals surface area contributed by atoms with E-state index in [1.54, 1.807) is 4.90 Å². The summed E-state index contributed by atoms with van der Waals surface area (Å²) in [5, 5.41) is 5.94. The van der Waals surface area contributed by atoms with Gasteiger partial charge in [-0.2, -0.15) is 0 Å². The SMILES string of the molecule is CC(C)C[C@H](NC(=O)N1CCOCC1)C(=O)N[C@@H](Cc1ccc(OCc2ccccc2)cc1)C(=O)N1CCCCC1. The molecule has 0 unspecified atom stereocenters. The normalized spacial score (nSPS) is 17.0. The molecule has 2 heterocycles. The molecule has 4 amide bonds. The summed E-state index contributed by atoms with van der Waals surface area (Å²) in [5.41, 5.74) is 2.01. The molecule has 0 aromatic heterocycles. The van der Waals surface area contributed by atoms with Gasteiger partial charge in [-0.15, -0.1) is 0 Å². The van der Waals surface area contributed by atoms with Gasteiger partial charge in [-0.3, -0.25) is 9.59 Å². The number of hydrogen-bond acceptors (Lipinski definition) is 5. The van der Waals surface area contributed by atoms with Gasteiger partial charge in [0.1, 0.15) is 24.4 Å². The molecule has 2 N–H and O–H groups in total. The molecule has 2 aromatic rings. The Hall–Kier alpha value is -3.59. The monoisotopic (exact) mass is 564 g/mol. The van der Waals surface area contributed by atoms with E-state index in [4.69, 9.17) is 9.47 Å². The standard InChI is InChI=1S/C32H44N4O5/c1-24(2)21-28(34-32(39)36-17-19-40-20-18-36)30(37)33-29(31(38)35-15-7-4-8-16-35)22-25-11-13-27(14-12-25)41-23-26-9-5-3-6-10-26/h3,5-6,9-14,24,28-29H,4,7-8,15-23H2,1-2H3,(H,33,37)(H,34,39)/t28-,29-/m0/s1. The van der Waals surface area contributed by atoms with Crippen LogP contribution in [0.3, 0.4) is 0 Å². The molecule has 2 aromatic carbocycles. The van der Waals surface area contributed by atoms with E-state index in [-0.39, 0.29) is 23.8 Å². The maximum atomic E-state index is 13.7. The van der Waals surface area contributed by atoms with Crippen molar-refractivity contribution in [3.8, 4) is 5.75 Å². The van der Waals surface area contributed by atoms with Crippen molar-refractivity contribution in [2.45, 2.75) is 64.6 Å². The molecule has 2 aliphatic rings. The van der Waals surface area contributed by atoms with E-state index < -0.39 is 12.1 Å². The van der Waals surface area contributed by atoms with Crippen molar-refractivity contribution in [2.24, 2.45) is 5.92 Å². The Kier molecular flexibility index (Phi) is 11.4. The lowest BCUT2D eigenvalue weighted by Crippen LogP contribution is -2.58. The topological polar surface area (TPSA) is 100 Å². The molecular formula is C32H44N4O5. The third-order valence-corrected chi connectivity index (χ3v) is 7.51. The quantitative estimate of drug-likeness (QED) is 0.433. The second-order valence-electron chi connectivity index (χ2n) is 11.3. The zero-order valence-corrected chi connectivity index (χ0v) is 24.3. The average molecular weight is 565 g/mol. The number of rotatable bonds is 11. The molecular weight excluding hydrogens is 520 g/mol. The van der Waals surface area contributed by atoms with Gasteiger partial charge in [-0.05, 0) is 54.9 Å². The van der Waals surface area contributed by atoms with E-state index in [9.17, 15) is 14.4 Å². The lowest BCUT2D eigenvalue weighted by molar-refractivity contribution is -0.137. The number of nitrogens with zero attached hydrogens (tertiary/aromatic N) is 2. The molecule has 41 heavy (non-hydrogen) atoms. The zero-order chi connectivity index (χ0) is 29.0. The first-order valence-corrected chi connectivity index (χ1v) is 14.9. The van der Waals surface area contributed by atoms with Crippen LogP contribution in [0.15, 0.2) is 54.6 Å². The molecule has 4 rings (SSSR count). The Labute approximate surface area is 243 Å². The van der Waals surface area contributed by atoms with Gasteiger partial charge in [0.15, 0.2) is 0 Å². The van der Waals surface area contributed by atoms with Crippen molar-refractivity contribution >= 4 is 17.8 Å². The van der Waals surface area contributed by atoms with Gasteiger partial charge in [-0.1, -0.05) is 56.3 Å². The van der Waals surface area contributed by atoms with E-state index in [1.807, 2.05) is 73.3 Å². The van der Waals surface area contributed by atoms with Crippen molar-refractivity contribution in [3.63, 3.8) is 0 Å². The van der Waals surface area contributed by atoms with Crippen molar-refractivity contribution in [1.29, 1.82) is 0 Å². The highest BCUT2D eigenvalue weighted by atomic mass is 16.5. The fourth-order valence-corrected chi connectivity index (χ4v) is 5.22. The molecule has 9 nitrogen and oxygen atoms in total. The first kappa shape index (κ1) is 30.4. The Morgan fingerprint density at radius 2 is 1.49 bits per heavy atom. The summed E-state index contributed by atoms with van der Waals surface area (Å²) in [4.78, 5) is 43.7. The molecule has 0 radical (unpaired) electrons. The average Bonchev–Trinajstić information content (AvgIpc) is 3.00. The van der Waals surface area contributed by atoms with Crippen LogP contribution in [0.25, 0.3) is 0 Å². The van der Waals surface area contributed by atoms with Crippen LogP contribution in [0.4, 0.5) is 4.79 Å². The van der Waals surface area contributed by atoms with Crippen LogP contribution in [0.5, 0.6) is 5.75 Å². The summed E-state index contributed by atoms with van der Waals surface area (Å²) in [7, 11) is 0. The maximum Gasteiger partial charge on any atom is 0.318 e. The van der Waals surface area contributed by atoms with Crippen LogP contribution >= 0.6 is 0 Å². The van der Waals surface area contributed by atoms with Crippen LogP contribution in [0.2, 0.25) is 0 Å². The predicted molar refractivity (Wildman–Crippen MR) is 157 cm³/mol. The lowest BCUT2D eigenvalue weighted by Gasteiger charge is -2.32. The lowest BCUT2D eigenvalue weighted by atomic mass is 10.00. The minimum Gasteiger partial charge on any atom is -0.489 e. The number of amides is 4. The number of ether oxygens (including phenoxy) is 2. The highest BCUT2D eigenvalue weighted by Gasteiger charge is 2.31. The molecule has 0 saturated carbocycles. The number of carbonyl (C=O) groups is 3. The maximum absolute atomic E-state index is 13.7. The summed E-state index contributed by atoms with van der Waals surface area (Å²) in [5.74, 6) is 0.502. The van der Waals surface area contributed by atoms with Crippen LogP contribution in [0, 0.1) is 5.92 Å². The van der Waals surface area contributed by atoms with Gasteiger partial charge < -0.3 is 29.9 Å². The Morgan fingerprint density at radius 1 is 0.805 bits per heavy atom. The smallest absolute Gasteiger partial charge is 0.318 e. The van der Waals surface area contributed by atoms with Gasteiger partial charge in [0, 0.05) is 32.6 Å². The molecule has 2 saturated heterocycles. The molecule has 0 bridgehead atoms. The summed E-state index contributed by atoms with van der Waals surface area (Å²) < 4.78 is 11.3. The van der Waals surface area contributed by atoms with Crippen LogP contribution in [-0.2, 0) is 27.4 Å². The first-order chi connectivity index (χ1) is 19.9. The minimum absolute atomic E-state index is 0.0785. The number of benzene rings is 2. The van der Waals surface area contributed by atoms with Crippen LogP contribution < -0.4 is 15.4 Å². The largest absolute Gasteiger partial charge is 0.489 e. The van der Waals surface area contributed by atoms with Crippen molar-refractivity contribution in [3.05, 3.63) is 65.7 Å². The van der Waals surface area contributed by atoms with Crippen LogP contribution in [-0.4, -0.2) is 79.1 Å². The van der Waals surface area contributed by atoms with E-state index in [0.717, 1.165) is 36.1 Å². The van der Waals surface area contributed by atoms with Crippen molar-refractivity contribution in [1.82, 2.24) is 20.4 Å². The summed E-state index contributed by atoms with van der Waals surface area (Å²) >= 11 is 0. The van der Waals surface area contributed by atoms with Gasteiger partial charge >= 0.3 is 6.03 Å². The molecule has 0 aliphatic carbocycles. The van der Waals surface area contributed by atoms with E-state index in [0.29, 0.717) is 58.8 Å². The number of hydrogen-bond donors (Lipinski definition) is 2. The molecule has 2 fully saturated rings. The summed E-state index contributed by atoms with van der Waals surface area (Å²) in [6, 6.07) is 15.9. The predicted octanol–water partition coefficient (Wildman–Crippen LogP) is 3.76. The molecule has 9 heteroatoms. The summed E-state index contributed by atoms with van der Waals surface area (Å²) in [6.45, 7) is 7.83. The zero-order valence-electron chi connectivity index (χ0n) is 24.3. The second kappa shape index (κ2) is 15.4. The highest BCUT2D eigenvalue weighted by Crippen LogP contribution is 2.18. The third-order valence-electron chi connectivity index (χ3n) is 7.51. The number of piperidine rings is 1. The number of likely N-dealkylation sites (tertiary alicyclic amines) is 1. The second-order valence-corrected chi connectivity index (χ2v) is 11.3. The molecule has 222 valence electrons. The molecule has 2 aliphatic heterocycles. The number of nitrogens with one attached hydrogen (secondary N) is 2. The Morgan fingerprint density at radius 3 is 2.15 bits per heavy atom. The summed E-state index contributed by atoms with van der Waals surface area (Å²) in [6.07, 6.45) is 3.86. The number of urea groups is 1. The number of carbonyl (C=O) groups excluding carboxylic acids is 3. The minimum atomic E-state index is -0.740. The third kappa shape index (κ3) is 9.49. The highest BCUT2D eigenvalue weighted by molar-refractivity contribution is 5.92. The van der Waals surface area contributed by atoms with Gasteiger partial charge in [0.25, 0.3) is 0 Å². The molecule has 0 spiro atoms.